The molecule has 170 valence electrons. The molecule has 2 saturated heterocycles. The van der Waals surface area contributed by atoms with Crippen molar-refractivity contribution in [3.63, 3.8) is 0 Å². The standard InChI is InChI=1S/C22H24F3N5O2/c1-28-14-27-10-19(28)20(32)30-11-16(12-31)21(13-30)4-6-29(7-5-21)17-3-2-15(9-26)18(8-17)22(23,24)25/h2-3,8,10,14,16,31H,4-7,11-13H2,1H3. The minimum atomic E-state index is -4.60. The second-order valence-electron chi connectivity index (χ2n) is 8.64. The highest BCUT2D eigenvalue weighted by atomic mass is 19.4. The van der Waals surface area contributed by atoms with Crippen LogP contribution in [0.4, 0.5) is 18.9 Å². The molecule has 10 heteroatoms. The van der Waals surface area contributed by atoms with Crippen molar-refractivity contribution < 1.29 is 23.1 Å². The van der Waals surface area contributed by atoms with Gasteiger partial charge in [0.1, 0.15) is 5.69 Å². The third-order valence-electron chi connectivity index (χ3n) is 6.91. The van der Waals surface area contributed by atoms with Crippen LogP contribution < -0.4 is 4.90 Å². The minimum absolute atomic E-state index is 0.0513. The van der Waals surface area contributed by atoms with E-state index in [4.69, 9.17) is 5.26 Å². The predicted octanol–water partition coefficient (Wildman–Crippen LogP) is 2.66. The lowest BCUT2D eigenvalue weighted by Gasteiger charge is -2.43. The summed E-state index contributed by atoms with van der Waals surface area (Å²) in [5.74, 6) is -0.224. The van der Waals surface area contributed by atoms with Crippen molar-refractivity contribution in [2.45, 2.75) is 19.0 Å². The van der Waals surface area contributed by atoms with Crippen LogP contribution in [-0.4, -0.2) is 58.3 Å². The summed E-state index contributed by atoms with van der Waals surface area (Å²) in [4.78, 5) is 20.6. The van der Waals surface area contributed by atoms with Crippen LogP contribution in [0, 0.1) is 22.7 Å². The van der Waals surface area contributed by atoms with Crippen LogP contribution in [0.25, 0.3) is 0 Å². The fraction of sp³-hybridized carbons (Fsp3) is 0.500. The number of hydrogen-bond acceptors (Lipinski definition) is 5. The summed E-state index contributed by atoms with van der Waals surface area (Å²) < 4.78 is 41.7. The van der Waals surface area contributed by atoms with E-state index in [1.165, 1.54) is 12.3 Å². The van der Waals surface area contributed by atoms with E-state index in [-0.39, 0.29) is 23.8 Å². The molecule has 1 unspecified atom stereocenters. The van der Waals surface area contributed by atoms with Gasteiger partial charge in [-0.2, -0.15) is 18.4 Å². The van der Waals surface area contributed by atoms with Gasteiger partial charge >= 0.3 is 6.18 Å². The van der Waals surface area contributed by atoms with E-state index in [9.17, 15) is 23.1 Å². The molecule has 2 fully saturated rings. The van der Waals surface area contributed by atoms with Crippen molar-refractivity contribution in [3.8, 4) is 6.07 Å². The van der Waals surface area contributed by atoms with Gasteiger partial charge in [0.25, 0.3) is 5.91 Å². The number of rotatable bonds is 3. The number of imidazole rings is 1. The Kier molecular flexibility index (Phi) is 5.63. The van der Waals surface area contributed by atoms with Crippen LogP contribution in [0.1, 0.15) is 34.5 Å². The van der Waals surface area contributed by atoms with Crippen LogP contribution >= 0.6 is 0 Å². The largest absolute Gasteiger partial charge is 0.417 e. The van der Waals surface area contributed by atoms with E-state index in [0.717, 1.165) is 6.07 Å². The lowest BCUT2D eigenvalue weighted by molar-refractivity contribution is -0.137. The molecule has 3 heterocycles. The van der Waals surface area contributed by atoms with Gasteiger partial charge in [-0.05, 0) is 36.5 Å². The zero-order valence-corrected chi connectivity index (χ0v) is 17.6. The number of carbonyl (C=O) groups is 1. The van der Waals surface area contributed by atoms with Gasteiger partial charge in [0.2, 0.25) is 0 Å². The summed E-state index contributed by atoms with van der Waals surface area (Å²) in [6.07, 6.45) is -0.220. The summed E-state index contributed by atoms with van der Waals surface area (Å²) in [6, 6.07) is 5.40. The molecule has 0 saturated carbocycles. The Labute approximate surface area is 183 Å². The number of nitrogens with zero attached hydrogens (tertiary/aromatic N) is 5. The van der Waals surface area contributed by atoms with Crippen LogP contribution in [-0.2, 0) is 13.2 Å². The number of amides is 1. The molecule has 1 atom stereocenters. The molecule has 1 amide bonds. The summed E-state index contributed by atoms with van der Waals surface area (Å²) in [5.41, 5.74) is -0.699. The van der Waals surface area contributed by atoms with Crippen molar-refractivity contribution in [1.29, 1.82) is 5.26 Å². The number of aromatic nitrogens is 2. The van der Waals surface area contributed by atoms with Crippen LogP contribution in [0.3, 0.4) is 0 Å². The molecule has 7 nitrogen and oxygen atoms in total. The Morgan fingerprint density at radius 2 is 2.06 bits per heavy atom. The SMILES string of the molecule is Cn1cncc1C(=O)N1CC(CO)C2(CCN(c3ccc(C#N)c(C(F)(F)F)c3)CC2)C1. The average Bonchev–Trinajstić information content (AvgIpc) is 3.36. The lowest BCUT2D eigenvalue weighted by atomic mass is 9.71. The highest BCUT2D eigenvalue weighted by Gasteiger charge is 2.49. The Morgan fingerprint density at radius 1 is 1.34 bits per heavy atom. The fourth-order valence-electron chi connectivity index (χ4n) is 5.00. The van der Waals surface area contributed by atoms with E-state index in [1.807, 2.05) is 4.90 Å². The molecule has 0 aliphatic carbocycles. The maximum Gasteiger partial charge on any atom is 0.417 e. The van der Waals surface area contributed by atoms with E-state index in [0.29, 0.717) is 50.4 Å². The van der Waals surface area contributed by atoms with Crippen molar-refractivity contribution in [1.82, 2.24) is 14.5 Å². The third-order valence-corrected chi connectivity index (χ3v) is 6.91. The molecule has 1 N–H and O–H groups in total. The second-order valence-corrected chi connectivity index (χ2v) is 8.64. The van der Waals surface area contributed by atoms with Crippen LogP contribution in [0.5, 0.6) is 0 Å². The number of hydrogen-bond donors (Lipinski definition) is 1. The van der Waals surface area contributed by atoms with Gasteiger partial charge in [-0.3, -0.25) is 4.79 Å². The molecular weight excluding hydrogens is 423 g/mol. The molecule has 0 radical (unpaired) electrons. The van der Waals surface area contributed by atoms with Crippen LogP contribution in [0.15, 0.2) is 30.7 Å². The number of aliphatic hydroxyl groups excluding tert-OH is 1. The monoisotopic (exact) mass is 447 g/mol. The highest BCUT2D eigenvalue weighted by molar-refractivity contribution is 5.92. The minimum Gasteiger partial charge on any atom is -0.396 e. The van der Waals surface area contributed by atoms with Gasteiger partial charge in [0, 0.05) is 51.4 Å². The smallest absolute Gasteiger partial charge is 0.396 e. The van der Waals surface area contributed by atoms with Crippen LogP contribution in [0.2, 0.25) is 0 Å². The number of aliphatic hydroxyl groups is 1. The molecular formula is C22H24F3N5O2. The average molecular weight is 447 g/mol. The first kappa shape index (κ1) is 22.1. The number of nitriles is 1. The molecule has 2 aliphatic heterocycles. The van der Waals surface area contributed by atoms with Crippen molar-refractivity contribution >= 4 is 11.6 Å². The summed E-state index contributed by atoms with van der Waals surface area (Å²) in [5, 5.41) is 19.0. The van der Waals surface area contributed by atoms with Crippen molar-refractivity contribution in [2.24, 2.45) is 18.4 Å². The lowest BCUT2D eigenvalue weighted by Crippen LogP contribution is -2.45. The molecule has 4 rings (SSSR count). The summed E-state index contributed by atoms with van der Waals surface area (Å²) in [7, 11) is 1.75. The maximum atomic E-state index is 13.3. The Hall–Kier alpha value is -3.06. The normalized spacial score (nSPS) is 20.6. The number of benzene rings is 1. The second kappa shape index (κ2) is 8.13. The summed E-state index contributed by atoms with van der Waals surface area (Å²) in [6.45, 7) is 1.90. The predicted molar refractivity (Wildman–Crippen MR) is 110 cm³/mol. The summed E-state index contributed by atoms with van der Waals surface area (Å²) >= 11 is 0. The molecule has 2 aromatic rings. The molecule has 32 heavy (non-hydrogen) atoms. The number of alkyl halides is 3. The Balaban J connectivity index is 1.51. The van der Waals surface area contributed by atoms with Crippen molar-refractivity contribution in [2.75, 3.05) is 37.7 Å². The third kappa shape index (κ3) is 3.81. The molecule has 0 bridgehead atoms. The zero-order valence-electron chi connectivity index (χ0n) is 17.6. The van der Waals surface area contributed by atoms with Gasteiger partial charge in [-0.1, -0.05) is 0 Å². The fourth-order valence-corrected chi connectivity index (χ4v) is 5.00. The zero-order chi connectivity index (χ0) is 23.1. The van der Waals surface area contributed by atoms with Gasteiger partial charge in [0.05, 0.1) is 29.7 Å². The quantitative estimate of drug-likeness (QED) is 0.782. The van der Waals surface area contributed by atoms with Gasteiger partial charge in [0.15, 0.2) is 0 Å². The molecule has 1 aromatic carbocycles. The number of halogens is 3. The first-order valence-electron chi connectivity index (χ1n) is 10.4. The van der Waals surface area contributed by atoms with Gasteiger partial charge < -0.3 is 19.5 Å². The molecule has 2 aliphatic rings. The number of likely N-dealkylation sites (tertiary alicyclic amines) is 1. The first-order chi connectivity index (χ1) is 15.2. The number of piperidine rings is 1. The van der Waals surface area contributed by atoms with Gasteiger partial charge in [-0.25, -0.2) is 4.98 Å². The topological polar surface area (TPSA) is 85.4 Å². The Morgan fingerprint density at radius 3 is 2.62 bits per heavy atom. The number of anilines is 1. The maximum absolute atomic E-state index is 13.3. The number of aryl methyl sites for hydroxylation is 1. The number of carbonyl (C=O) groups excluding carboxylic acids is 1. The Bertz CT molecular complexity index is 1050. The van der Waals surface area contributed by atoms with Gasteiger partial charge in [-0.15, -0.1) is 0 Å². The van der Waals surface area contributed by atoms with Crippen molar-refractivity contribution in [3.05, 3.63) is 47.5 Å². The molecule has 1 aromatic heterocycles. The van der Waals surface area contributed by atoms with E-state index >= 15 is 0 Å². The highest BCUT2D eigenvalue weighted by Crippen LogP contribution is 2.46. The van der Waals surface area contributed by atoms with E-state index < -0.39 is 17.3 Å². The molecule has 1 spiro atoms. The first-order valence-corrected chi connectivity index (χ1v) is 10.4. The van der Waals surface area contributed by atoms with E-state index in [2.05, 4.69) is 4.98 Å². The van der Waals surface area contributed by atoms with E-state index in [1.54, 1.807) is 35.0 Å².